The first-order valence-corrected chi connectivity index (χ1v) is 8.03. The lowest BCUT2D eigenvalue weighted by Crippen LogP contribution is -2.31. The SMILES string of the molecule is O=[N+]([O-])c1ccc(CS(=O)(=O)NCC2CCNC2)cc1. The highest BCUT2D eigenvalue weighted by molar-refractivity contribution is 7.88. The Morgan fingerprint density at radius 2 is 2.05 bits per heavy atom. The minimum absolute atomic E-state index is 0.0452. The van der Waals surface area contributed by atoms with Gasteiger partial charge in [0.1, 0.15) is 0 Å². The van der Waals surface area contributed by atoms with Crippen molar-refractivity contribution >= 4 is 15.7 Å². The van der Waals surface area contributed by atoms with E-state index in [9.17, 15) is 18.5 Å². The second-order valence-electron chi connectivity index (χ2n) is 4.89. The Labute approximate surface area is 117 Å². The van der Waals surface area contributed by atoms with Crippen molar-refractivity contribution in [3.63, 3.8) is 0 Å². The van der Waals surface area contributed by atoms with E-state index in [4.69, 9.17) is 0 Å². The number of nitro benzene ring substituents is 1. The molecular formula is C12H17N3O4S. The summed E-state index contributed by atoms with van der Waals surface area (Å²) in [5, 5.41) is 13.7. The largest absolute Gasteiger partial charge is 0.316 e. The number of rotatable bonds is 6. The Hall–Kier alpha value is -1.51. The summed E-state index contributed by atoms with van der Waals surface area (Å²) in [7, 11) is -3.40. The fourth-order valence-electron chi connectivity index (χ4n) is 2.12. The molecule has 1 heterocycles. The monoisotopic (exact) mass is 299 g/mol. The molecule has 0 amide bonds. The average molecular weight is 299 g/mol. The van der Waals surface area contributed by atoms with Gasteiger partial charge in [-0.1, -0.05) is 12.1 Å². The summed E-state index contributed by atoms with van der Waals surface area (Å²) in [5.74, 6) is 0.173. The number of nitrogens with one attached hydrogen (secondary N) is 2. The molecule has 0 aliphatic carbocycles. The first-order valence-electron chi connectivity index (χ1n) is 6.38. The van der Waals surface area contributed by atoms with Gasteiger partial charge in [0.25, 0.3) is 5.69 Å². The molecule has 1 aromatic carbocycles. The van der Waals surface area contributed by atoms with Crippen LogP contribution in [0.25, 0.3) is 0 Å². The van der Waals surface area contributed by atoms with Gasteiger partial charge in [-0.3, -0.25) is 10.1 Å². The molecule has 0 saturated carbocycles. The zero-order valence-electron chi connectivity index (χ0n) is 10.9. The third-order valence-corrected chi connectivity index (χ3v) is 4.58. The van der Waals surface area contributed by atoms with Gasteiger partial charge in [-0.05, 0) is 31.0 Å². The maximum absolute atomic E-state index is 11.9. The predicted molar refractivity (Wildman–Crippen MR) is 74.7 cm³/mol. The van der Waals surface area contributed by atoms with Crippen LogP contribution in [0.15, 0.2) is 24.3 Å². The van der Waals surface area contributed by atoms with E-state index in [0.29, 0.717) is 18.0 Å². The molecule has 8 heteroatoms. The van der Waals surface area contributed by atoms with Crippen LogP contribution in [0.4, 0.5) is 5.69 Å². The van der Waals surface area contributed by atoms with Gasteiger partial charge in [0, 0.05) is 18.7 Å². The van der Waals surface area contributed by atoms with Crippen molar-refractivity contribution in [1.29, 1.82) is 0 Å². The van der Waals surface area contributed by atoms with E-state index >= 15 is 0 Å². The Morgan fingerprint density at radius 1 is 1.35 bits per heavy atom. The van der Waals surface area contributed by atoms with E-state index in [1.165, 1.54) is 24.3 Å². The van der Waals surface area contributed by atoms with E-state index in [-0.39, 0.29) is 11.4 Å². The van der Waals surface area contributed by atoms with E-state index in [1.807, 2.05) is 0 Å². The summed E-state index contributed by atoms with van der Waals surface area (Å²) >= 11 is 0. The topological polar surface area (TPSA) is 101 Å². The summed E-state index contributed by atoms with van der Waals surface area (Å²) in [6, 6.07) is 5.56. The normalized spacial score (nSPS) is 19.1. The van der Waals surface area contributed by atoms with Crippen molar-refractivity contribution < 1.29 is 13.3 Å². The maximum atomic E-state index is 11.9. The lowest BCUT2D eigenvalue weighted by atomic mass is 10.1. The molecule has 110 valence electrons. The molecule has 2 rings (SSSR count). The third kappa shape index (κ3) is 4.26. The Kier molecular flexibility index (Phi) is 4.69. The molecule has 1 aliphatic rings. The molecule has 0 spiro atoms. The Balaban J connectivity index is 1.91. The number of hydrogen-bond donors (Lipinski definition) is 2. The highest BCUT2D eigenvalue weighted by Gasteiger charge is 2.18. The number of hydrogen-bond acceptors (Lipinski definition) is 5. The van der Waals surface area contributed by atoms with Crippen molar-refractivity contribution in [3.8, 4) is 0 Å². The van der Waals surface area contributed by atoms with E-state index in [1.54, 1.807) is 0 Å². The Bertz CT molecular complexity index is 565. The van der Waals surface area contributed by atoms with Gasteiger partial charge < -0.3 is 5.32 Å². The van der Waals surface area contributed by atoms with Crippen molar-refractivity contribution in [3.05, 3.63) is 39.9 Å². The molecular weight excluding hydrogens is 282 g/mol. The van der Waals surface area contributed by atoms with Gasteiger partial charge in [0.2, 0.25) is 10.0 Å². The number of nitro groups is 1. The molecule has 2 N–H and O–H groups in total. The van der Waals surface area contributed by atoms with Gasteiger partial charge in [0.15, 0.2) is 0 Å². The van der Waals surface area contributed by atoms with Gasteiger partial charge in [-0.2, -0.15) is 0 Å². The van der Waals surface area contributed by atoms with Crippen molar-refractivity contribution in [1.82, 2.24) is 10.0 Å². The molecule has 1 unspecified atom stereocenters. The number of benzene rings is 1. The second kappa shape index (κ2) is 6.29. The van der Waals surface area contributed by atoms with Crippen LogP contribution in [-0.2, 0) is 15.8 Å². The average Bonchev–Trinajstić information content (AvgIpc) is 2.90. The fraction of sp³-hybridized carbons (Fsp3) is 0.500. The summed E-state index contributed by atoms with van der Waals surface area (Å²) in [6.07, 6.45) is 0.972. The minimum atomic E-state index is -3.40. The lowest BCUT2D eigenvalue weighted by Gasteiger charge is -2.10. The van der Waals surface area contributed by atoms with Crippen molar-refractivity contribution in [2.75, 3.05) is 19.6 Å². The molecule has 1 saturated heterocycles. The van der Waals surface area contributed by atoms with E-state index in [0.717, 1.165) is 19.5 Å². The van der Waals surface area contributed by atoms with E-state index in [2.05, 4.69) is 10.0 Å². The molecule has 7 nitrogen and oxygen atoms in total. The number of non-ortho nitro benzene ring substituents is 1. The summed E-state index contributed by atoms with van der Waals surface area (Å²) < 4.78 is 26.4. The first-order chi connectivity index (χ1) is 9.46. The molecule has 1 atom stereocenters. The van der Waals surface area contributed by atoms with Crippen LogP contribution in [0.5, 0.6) is 0 Å². The highest BCUT2D eigenvalue weighted by Crippen LogP contribution is 2.14. The fourth-order valence-corrected chi connectivity index (χ4v) is 3.34. The zero-order valence-corrected chi connectivity index (χ0v) is 11.7. The zero-order chi connectivity index (χ0) is 14.6. The van der Waals surface area contributed by atoms with Crippen LogP contribution in [0.1, 0.15) is 12.0 Å². The van der Waals surface area contributed by atoms with Crippen LogP contribution in [0, 0.1) is 16.0 Å². The van der Waals surface area contributed by atoms with Gasteiger partial charge >= 0.3 is 0 Å². The van der Waals surface area contributed by atoms with Crippen LogP contribution in [0.2, 0.25) is 0 Å². The minimum Gasteiger partial charge on any atom is -0.316 e. The van der Waals surface area contributed by atoms with Gasteiger partial charge in [-0.15, -0.1) is 0 Å². The molecule has 0 aromatic heterocycles. The maximum Gasteiger partial charge on any atom is 0.269 e. The molecule has 1 aliphatic heterocycles. The second-order valence-corrected chi connectivity index (χ2v) is 6.70. The van der Waals surface area contributed by atoms with E-state index < -0.39 is 14.9 Å². The first kappa shape index (κ1) is 14.9. The number of sulfonamides is 1. The quantitative estimate of drug-likeness (QED) is 0.592. The summed E-state index contributed by atoms with van der Waals surface area (Å²) in [5.41, 5.74) is 0.490. The summed E-state index contributed by atoms with van der Waals surface area (Å²) in [6.45, 7) is 2.19. The highest BCUT2D eigenvalue weighted by atomic mass is 32.2. The molecule has 1 fully saturated rings. The Morgan fingerprint density at radius 3 is 2.60 bits per heavy atom. The van der Waals surface area contributed by atoms with Crippen molar-refractivity contribution in [2.45, 2.75) is 12.2 Å². The molecule has 1 aromatic rings. The predicted octanol–water partition coefficient (Wildman–Crippen LogP) is 0.624. The molecule has 0 bridgehead atoms. The van der Waals surface area contributed by atoms with Crippen LogP contribution in [0.3, 0.4) is 0 Å². The molecule has 20 heavy (non-hydrogen) atoms. The van der Waals surface area contributed by atoms with Crippen LogP contribution in [-0.4, -0.2) is 33.0 Å². The lowest BCUT2D eigenvalue weighted by molar-refractivity contribution is -0.384. The van der Waals surface area contributed by atoms with Crippen LogP contribution >= 0.6 is 0 Å². The van der Waals surface area contributed by atoms with Gasteiger partial charge in [-0.25, -0.2) is 13.1 Å². The van der Waals surface area contributed by atoms with Crippen LogP contribution < -0.4 is 10.0 Å². The van der Waals surface area contributed by atoms with Crippen molar-refractivity contribution in [2.24, 2.45) is 5.92 Å². The standard InChI is InChI=1S/C12H17N3O4S/c16-15(17)12-3-1-10(2-4-12)9-20(18,19)14-8-11-5-6-13-7-11/h1-4,11,13-14H,5-9H2. The third-order valence-electron chi connectivity index (χ3n) is 3.26. The molecule has 0 radical (unpaired) electrons. The smallest absolute Gasteiger partial charge is 0.269 e. The number of nitrogens with zero attached hydrogens (tertiary/aromatic N) is 1. The summed E-state index contributed by atoms with van der Waals surface area (Å²) in [4.78, 5) is 10.0. The van der Waals surface area contributed by atoms with Gasteiger partial charge in [0.05, 0.1) is 10.7 Å².